The normalized spacial score (nSPS) is 14.1. The number of rotatable bonds is 5. The zero-order chi connectivity index (χ0) is 12.8. The fourth-order valence-corrected chi connectivity index (χ4v) is 1.61. The number of nitrogens with two attached hydrogens (primary N) is 1. The molecule has 4 N–H and O–H groups in total. The van der Waals surface area contributed by atoms with Gasteiger partial charge >= 0.3 is 0 Å². The van der Waals surface area contributed by atoms with Crippen molar-refractivity contribution >= 4 is 11.6 Å². The Morgan fingerprint density at radius 3 is 2.65 bits per heavy atom. The molecule has 2 unspecified atom stereocenters. The average Bonchev–Trinajstić information content (AvgIpc) is 2.29. The molecule has 2 atom stereocenters. The van der Waals surface area contributed by atoms with Crippen LogP contribution < -0.4 is 11.1 Å². The van der Waals surface area contributed by atoms with Gasteiger partial charge in [0.25, 0.3) is 0 Å². The second kappa shape index (κ2) is 6.37. The zero-order valence-corrected chi connectivity index (χ0v) is 10.3. The fourth-order valence-electron chi connectivity index (χ4n) is 1.61. The maximum Gasteiger partial charge on any atom is 0.227 e. The summed E-state index contributed by atoms with van der Waals surface area (Å²) < 4.78 is 0. The lowest BCUT2D eigenvalue weighted by Gasteiger charge is -2.15. The van der Waals surface area contributed by atoms with E-state index in [0.717, 1.165) is 5.56 Å². The van der Waals surface area contributed by atoms with Crippen LogP contribution in [0.5, 0.6) is 0 Å². The van der Waals surface area contributed by atoms with Crippen LogP contribution in [0.25, 0.3) is 0 Å². The van der Waals surface area contributed by atoms with Crippen LogP contribution in [-0.2, 0) is 4.79 Å². The van der Waals surface area contributed by atoms with Gasteiger partial charge in [-0.15, -0.1) is 0 Å². The first-order chi connectivity index (χ1) is 8.06. The summed E-state index contributed by atoms with van der Waals surface area (Å²) in [6.45, 7) is 4.01. The van der Waals surface area contributed by atoms with Gasteiger partial charge in [-0.25, -0.2) is 0 Å². The van der Waals surface area contributed by atoms with Crippen molar-refractivity contribution in [1.82, 2.24) is 0 Å². The molecule has 0 bridgehead atoms. The van der Waals surface area contributed by atoms with Crippen LogP contribution in [0, 0.1) is 5.92 Å². The van der Waals surface area contributed by atoms with E-state index in [1.807, 2.05) is 19.1 Å². The van der Waals surface area contributed by atoms with Gasteiger partial charge in [0.15, 0.2) is 0 Å². The lowest BCUT2D eigenvalue weighted by Crippen LogP contribution is -2.23. The minimum atomic E-state index is -0.601. The molecule has 0 saturated heterocycles. The molecule has 94 valence electrons. The molecule has 1 aromatic rings. The van der Waals surface area contributed by atoms with Crippen molar-refractivity contribution in [2.75, 3.05) is 11.9 Å². The Bertz CT molecular complexity index is 377. The summed E-state index contributed by atoms with van der Waals surface area (Å²) in [5.41, 5.74) is 6.81. The van der Waals surface area contributed by atoms with E-state index in [9.17, 15) is 9.90 Å². The Balaban J connectivity index is 2.77. The predicted octanol–water partition coefficient (Wildman–Crippen LogP) is 1.66. The van der Waals surface area contributed by atoms with Crippen LogP contribution in [0.15, 0.2) is 24.3 Å². The highest BCUT2D eigenvalue weighted by atomic mass is 16.3. The molecule has 0 radical (unpaired) electrons. The Hall–Kier alpha value is -1.39. The van der Waals surface area contributed by atoms with Gasteiger partial charge in [0.05, 0.1) is 6.10 Å². The molecule has 4 nitrogen and oxygen atoms in total. The van der Waals surface area contributed by atoms with Crippen molar-refractivity contribution in [3.8, 4) is 0 Å². The molecular weight excluding hydrogens is 216 g/mol. The number of benzene rings is 1. The second-order valence-corrected chi connectivity index (χ2v) is 4.23. The third-order valence-corrected chi connectivity index (χ3v) is 2.72. The average molecular weight is 236 g/mol. The van der Waals surface area contributed by atoms with E-state index in [4.69, 9.17) is 5.73 Å². The highest BCUT2D eigenvalue weighted by molar-refractivity contribution is 5.93. The summed E-state index contributed by atoms with van der Waals surface area (Å²) in [7, 11) is 0. The van der Waals surface area contributed by atoms with Crippen molar-refractivity contribution < 1.29 is 9.90 Å². The molecule has 1 amide bonds. The van der Waals surface area contributed by atoms with Crippen LogP contribution in [0.2, 0.25) is 0 Å². The van der Waals surface area contributed by atoms with Crippen LogP contribution in [0.1, 0.15) is 31.9 Å². The topological polar surface area (TPSA) is 75.4 Å². The minimum absolute atomic E-state index is 0.0662. The number of nitrogens with one attached hydrogen (secondary N) is 1. The molecule has 0 aliphatic rings. The third-order valence-electron chi connectivity index (χ3n) is 2.72. The molecule has 1 aromatic carbocycles. The number of hydrogen-bond acceptors (Lipinski definition) is 3. The molecule has 17 heavy (non-hydrogen) atoms. The molecule has 0 aliphatic carbocycles. The Kier molecular flexibility index (Phi) is 5.12. The molecule has 1 rings (SSSR count). The molecule has 0 aromatic heterocycles. The molecule has 0 spiro atoms. The van der Waals surface area contributed by atoms with E-state index in [0.29, 0.717) is 18.7 Å². The van der Waals surface area contributed by atoms with E-state index in [1.54, 1.807) is 19.1 Å². The monoisotopic (exact) mass is 236 g/mol. The zero-order valence-electron chi connectivity index (χ0n) is 10.3. The Morgan fingerprint density at radius 2 is 2.06 bits per heavy atom. The number of aliphatic hydroxyl groups excluding tert-OH is 1. The van der Waals surface area contributed by atoms with Gasteiger partial charge in [-0.1, -0.05) is 25.1 Å². The number of para-hydroxylation sites is 1. The van der Waals surface area contributed by atoms with Gasteiger partial charge in [0, 0.05) is 17.2 Å². The lowest BCUT2D eigenvalue weighted by atomic mass is 10.1. The van der Waals surface area contributed by atoms with E-state index in [1.165, 1.54) is 0 Å². The summed E-state index contributed by atoms with van der Waals surface area (Å²) in [4.78, 5) is 11.8. The Labute approximate surface area is 102 Å². The fraction of sp³-hybridized carbons (Fsp3) is 0.462. The summed E-state index contributed by atoms with van der Waals surface area (Å²) >= 11 is 0. The quantitative estimate of drug-likeness (QED) is 0.727. The van der Waals surface area contributed by atoms with Crippen LogP contribution >= 0.6 is 0 Å². The van der Waals surface area contributed by atoms with E-state index in [-0.39, 0.29) is 11.8 Å². The van der Waals surface area contributed by atoms with E-state index in [2.05, 4.69) is 5.32 Å². The van der Waals surface area contributed by atoms with Gasteiger partial charge in [0.1, 0.15) is 0 Å². The molecule has 0 fully saturated rings. The molecule has 0 heterocycles. The number of hydrogen-bond donors (Lipinski definition) is 3. The standard InChI is InChI=1S/C13H20N2O2/c1-9(7-8-14)13(17)15-12-6-4-3-5-11(12)10(2)16/h3-6,9-10,16H,7-8,14H2,1-2H3,(H,15,17). The Morgan fingerprint density at radius 1 is 1.41 bits per heavy atom. The first-order valence-corrected chi connectivity index (χ1v) is 5.84. The van der Waals surface area contributed by atoms with E-state index >= 15 is 0 Å². The number of carbonyl (C=O) groups is 1. The number of carbonyl (C=O) groups excluding carboxylic acids is 1. The molecule has 4 heteroatoms. The molecule has 0 saturated carbocycles. The van der Waals surface area contributed by atoms with Crippen molar-refractivity contribution in [3.63, 3.8) is 0 Å². The molecular formula is C13H20N2O2. The second-order valence-electron chi connectivity index (χ2n) is 4.23. The van der Waals surface area contributed by atoms with Crippen molar-refractivity contribution in [2.24, 2.45) is 11.7 Å². The number of amides is 1. The summed E-state index contributed by atoms with van der Waals surface area (Å²) in [6.07, 6.45) is 0.0548. The highest BCUT2D eigenvalue weighted by Crippen LogP contribution is 2.22. The first-order valence-electron chi connectivity index (χ1n) is 5.84. The van der Waals surface area contributed by atoms with Crippen LogP contribution in [0.4, 0.5) is 5.69 Å². The van der Waals surface area contributed by atoms with Gasteiger partial charge in [-0.2, -0.15) is 0 Å². The number of aliphatic hydroxyl groups is 1. The SMILES string of the molecule is CC(CCN)C(=O)Nc1ccccc1C(C)O. The summed E-state index contributed by atoms with van der Waals surface area (Å²) in [5.74, 6) is -0.189. The molecule has 0 aliphatic heterocycles. The summed E-state index contributed by atoms with van der Waals surface area (Å²) in [6, 6.07) is 7.25. The smallest absolute Gasteiger partial charge is 0.227 e. The predicted molar refractivity (Wildman–Crippen MR) is 68.5 cm³/mol. The van der Waals surface area contributed by atoms with Crippen molar-refractivity contribution in [3.05, 3.63) is 29.8 Å². The van der Waals surface area contributed by atoms with E-state index < -0.39 is 6.10 Å². The first kappa shape index (κ1) is 13.7. The highest BCUT2D eigenvalue weighted by Gasteiger charge is 2.14. The van der Waals surface area contributed by atoms with Crippen LogP contribution in [-0.4, -0.2) is 17.6 Å². The number of anilines is 1. The van der Waals surface area contributed by atoms with Crippen molar-refractivity contribution in [1.29, 1.82) is 0 Å². The lowest BCUT2D eigenvalue weighted by molar-refractivity contribution is -0.119. The maximum absolute atomic E-state index is 11.8. The maximum atomic E-state index is 11.8. The van der Waals surface area contributed by atoms with Gasteiger partial charge in [-0.05, 0) is 26.0 Å². The van der Waals surface area contributed by atoms with Gasteiger partial charge in [0.2, 0.25) is 5.91 Å². The van der Waals surface area contributed by atoms with Gasteiger partial charge in [-0.3, -0.25) is 4.79 Å². The minimum Gasteiger partial charge on any atom is -0.389 e. The van der Waals surface area contributed by atoms with Gasteiger partial charge < -0.3 is 16.2 Å². The van der Waals surface area contributed by atoms with Crippen molar-refractivity contribution in [2.45, 2.75) is 26.4 Å². The summed E-state index contributed by atoms with van der Waals surface area (Å²) in [5, 5.41) is 12.4. The largest absolute Gasteiger partial charge is 0.389 e. The van der Waals surface area contributed by atoms with Crippen LogP contribution in [0.3, 0.4) is 0 Å². The third kappa shape index (κ3) is 3.84.